The van der Waals surface area contributed by atoms with Crippen LogP contribution in [0.1, 0.15) is 0 Å². The maximum Gasteiger partial charge on any atom is 0.161 e. The molecule has 0 spiro atoms. The molecule has 0 aliphatic heterocycles. The molecule has 6 nitrogen and oxygen atoms in total. The van der Waals surface area contributed by atoms with Crippen LogP contribution in [0.15, 0.2) is 400 Å². The highest BCUT2D eigenvalue weighted by atomic mass is 15.0. The zero-order valence-corrected chi connectivity index (χ0v) is 58.8. The fraction of sp³-hybridized carbons (Fsp3) is 0. The fourth-order valence-electron chi connectivity index (χ4n) is 15.9. The summed E-state index contributed by atoms with van der Waals surface area (Å²) in [7, 11) is 0. The van der Waals surface area contributed by atoms with E-state index in [0.29, 0.717) is 11.6 Å². The van der Waals surface area contributed by atoms with E-state index >= 15 is 0 Å². The van der Waals surface area contributed by atoms with Crippen molar-refractivity contribution in [2.24, 2.45) is 0 Å². The zero-order chi connectivity index (χ0) is 71.4. The van der Waals surface area contributed by atoms with Gasteiger partial charge in [-0.1, -0.05) is 328 Å². The normalized spacial score (nSPS) is 11.5. The Balaban J connectivity index is 0.000000143. The lowest BCUT2D eigenvalue weighted by Gasteiger charge is -2.16. The number of benzene rings is 17. The molecule has 0 unspecified atom stereocenters. The first-order valence-corrected chi connectivity index (χ1v) is 36.7. The van der Waals surface area contributed by atoms with Crippen LogP contribution in [-0.4, -0.2) is 29.1 Å². The second kappa shape index (κ2) is 27.0. The predicted octanol–water partition coefficient (Wildman–Crippen LogP) is 26.8. The minimum Gasteiger partial charge on any atom is -0.309 e. The standard InChI is InChI=1S/C54H35N3.C48H31N3/c1-3-13-36(14-4-1)38-23-27-40(28-24-38)49-35-50(41-29-25-39(26-30-41)37-15-5-2-6-16-37)56-54(55-49)47-31-32-52(45-20-10-9-19-44(45)47)57-51-22-12-11-21-46(51)48-33-42-17-7-8-18-43(42)34-53(48)57;1-4-14-32(15-5-1)37-24-25-40-42-28-35-20-10-11-21-36(35)29-47(42)51(46(40)30-37)45-27-26-41(38-22-12-13-23-39(38)45)48-49-43(33-16-6-2-7-17-33)31-44(50-48)34-18-8-3-9-19-34/h1-35H;1-31H. The van der Waals surface area contributed by atoms with Gasteiger partial charge in [-0.15, -0.1) is 0 Å². The Kier molecular flexibility index (Phi) is 15.8. The molecule has 0 radical (unpaired) electrons. The summed E-state index contributed by atoms with van der Waals surface area (Å²) >= 11 is 0. The van der Waals surface area contributed by atoms with Gasteiger partial charge in [0.2, 0.25) is 0 Å². The van der Waals surface area contributed by atoms with E-state index in [9.17, 15) is 0 Å². The van der Waals surface area contributed by atoms with Crippen LogP contribution in [0.2, 0.25) is 0 Å². The molecule has 0 N–H and O–H groups in total. The van der Waals surface area contributed by atoms with Crippen LogP contribution >= 0.6 is 0 Å². The Bertz CT molecular complexity index is 6830. The summed E-state index contributed by atoms with van der Waals surface area (Å²) in [6.45, 7) is 0. The Morgan fingerprint density at radius 2 is 0.435 bits per heavy atom. The van der Waals surface area contributed by atoms with Crippen LogP contribution in [0.5, 0.6) is 0 Å². The number of para-hydroxylation sites is 1. The summed E-state index contributed by atoms with van der Waals surface area (Å²) in [5.74, 6) is 1.40. The van der Waals surface area contributed by atoms with E-state index in [-0.39, 0.29) is 0 Å². The van der Waals surface area contributed by atoms with Gasteiger partial charge >= 0.3 is 0 Å². The maximum atomic E-state index is 5.33. The molecule has 4 aromatic heterocycles. The molecule has 4 heterocycles. The lowest BCUT2D eigenvalue weighted by Crippen LogP contribution is -1.99. The van der Waals surface area contributed by atoms with Gasteiger partial charge in [0.15, 0.2) is 11.6 Å². The van der Waals surface area contributed by atoms with Crippen molar-refractivity contribution in [1.29, 1.82) is 0 Å². The lowest BCUT2D eigenvalue weighted by molar-refractivity contribution is 1.18. The first-order chi connectivity index (χ1) is 53.5. The van der Waals surface area contributed by atoms with Crippen LogP contribution in [0, 0.1) is 0 Å². The Morgan fingerprint density at radius 1 is 0.157 bits per heavy atom. The van der Waals surface area contributed by atoms with Gasteiger partial charge in [0.05, 0.1) is 56.2 Å². The molecule has 0 aliphatic rings. The van der Waals surface area contributed by atoms with Gasteiger partial charge in [-0.2, -0.15) is 0 Å². The number of aromatic nitrogens is 6. The summed E-state index contributed by atoms with van der Waals surface area (Å²) in [6.07, 6.45) is 0. The first-order valence-electron chi connectivity index (χ1n) is 36.7. The monoisotopic (exact) mass is 1370 g/mol. The Hall–Kier alpha value is -14.5. The van der Waals surface area contributed by atoms with E-state index < -0.39 is 0 Å². The van der Waals surface area contributed by atoms with Gasteiger partial charge in [0.25, 0.3) is 0 Å². The van der Waals surface area contributed by atoms with Gasteiger partial charge in [-0.25, -0.2) is 19.9 Å². The third-order valence-electron chi connectivity index (χ3n) is 21.2. The molecule has 504 valence electrons. The number of nitrogens with zero attached hydrogens (tertiary/aromatic N) is 6. The largest absolute Gasteiger partial charge is 0.309 e. The van der Waals surface area contributed by atoms with Crippen molar-refractivity contribution < 1.29 is 0 Å². The SMILES string of the molecule is c1ccc(-c2ccc(-c3cc(-c4ccc(-c5ccccc5)cc4)nc(-c4ccc(-n5c6ccccc6c6cc7ccccc7cc65)c5ccccc45)n3)cc2)cc1.c1ccc(-c2ccc3c4cc5ccccc5cc4n(-c4ccc(-c5nc(-c6ccccc6)cc(-c6ccccc6)n5)c5ccccc45)c3c2)cc1. The smallest absolute Gasteiger partial charge is 0.161 e. The summed E-state index contributed by atoms with van der Waals surface area (Å²) in [5, 5.41) is 14.4. The molecule has 21 rings (SSSR count). The molecule has 6 heteroatoms. The number of hydrogen-bond donors (Lipinski definition) is 0. The van der Waals surface area contributed by atoms with Crippen LogP contribution in [0.25, 0.3) is 199 Å². The van der Waals surface area contributed by atoms with E-state index in [1.165, 1.54) is 98.5 Å². The number of hydrogen-bond acceptors (Lipinski definition) is 4. The summed E-state index contributed by atoms with van der Waals surface area (Å²) in [4.78, 5) is 21.1. The molecule has 0 amide bonds. The fourth-order valence-corrected chi connectivity index (χ4v) is 15.9. The van der Waals surface area contributed by atoms with Crippen molar-refractivity contribution >= 4 is 86.7 Å². The van der Waals surface area contributed by atoms with Gasteiger partial charge in [0, 0.05) is 65.7 Å². The van der Waals surface area contributed by atoms with Gasteiger partial charge in [-0.05, 0) is 138 Å². The van der Waals surface area contributed by atoms with Crippen molar-refractivity contribution in [2.75, 3.05) is 0 Å². The van der Waals surface area contributed by atoms with Crippen LogP contribution in [-0.2, 0) is 0 Å². The second-order valence-electron chi connectivity index (χ2n) is 27.6. The third kappa shape index (κ3) is 11.5. The molecule has 0 atom stereocenters. The first kappa shape index (κ1) is 63.2. The average Bonchev–Trinajstić information content (AvgIpc) is 1.55. The van der Waals surface area contributed by atoms with E-state index in [4.69, 9.17) is 19.9 Å². The lowest BCUT2D eigenvalue weighted by atomic mass is 9.99. The summed E-state index contributed by atoms with van der Waals surface area (Å²) in [6, 6.07) is 142. The van der Waals surface area contributed by atoms with Crippen LogP contribution < -0.4 is 0 Å². The predicted molar refractivity (Wildman–Crippen MR) is 452 cm³/mol. The quantitative estimate of drug-likeness (QED) is 0.129. The van der Waals surface area contributed by atoms with Gasteiger partial charge < -0.3 is 9.13 Å². The minimum atomic E-state index is 0.692. The zero-order valence-electron chi connectivity index (χ0n) is 58.8. The molecule has 17 aromatic carbocycles. The van der Waals surface area contributed by atoms with E-state index in [2.05, 4.69) is 397 Å². The maximum absolute atomic E-state index is 5.33. The summed E-state index contributed by atoms with van der Waals surface area (Å²) < 4.78 is 4.88. The van der Waals surface area contributed by atoms with Gasteiger partial charge in [-0.3, -0.25) is 0 Å². The number of fused-ring (bicyclic) bond motifs is 10. The average molecular weight is 1380 g/mol. The van der Waals surface area contributed by atoms with Crippen molar-refractivity contribution in [3.63, 3.8) is 0 Å². The highest BCUT2D eigenvalue weighted by Crippen LogP contribution is 2.44. The molecule has 0 bridgehead atoms. The highest BCUT2D eigenvalue weighted by molar-refractivity contribution is 6.17. The number of rotatable bonds is 11. The molecular formula is C102H66N6. The van der Waals surface area contributed by atoms with E-state index in [1.54, 1.807) is 0 Å². The van der Waals surface area contributed by atoms with Crippen LogP contribution in [0.3, 0.4) is 0 Å². The molecule has 21 aromatic rings. The summed E-state index contributed by atoms with van der Waals surface area (Å²) in [5.41, 5.74) is 23.8. The van der Waals surface area contributed by atoms with Crippen molar-refractivity contribution in [3.8, 4) is 113 Å². The third-order valence-corrected chi connectivity index (χ3v) is 21.2. The Labute approximate surface area is 624 Å². The van der Waals surface area contributed by atoms with Crippen molar-refractivity contribution in [2.45, 2.75) is 0 Å². The minimum absolute atomic E-state index is 0.692. The molecule has 0 saturated heterocycles. The molecular weight excluding hydrogens is 1310 g/mol. The van der Waals surface area contributed by atoms with Gasteiger partial charge in [0.1, 0.15) is 0 Å². The van der Waals surface area contributed by atoms with E-state index in [1.807, 2.05) is 12.1 Å². The Morgan fingerprint density at radius 3 is 0.852 bits per heavy atom. The topological polar surface area (TPSA) is 61.4 Å². The highest BCUT2D eigenvalue weighted by Gasteiger charge is 2.23. The molecule has 108 heavy (non-hydrogen) atoms. The second-order valence-corrected chi connectivity index (χ2v) is 27.6. The van der Waals surface area contributed by atoms with Crippen molar-refractivity contribution in [1.82, 2.24) is 29.1 Å². The van der Waals surface area contributed by atoms with Crippen LogP contribution in [0.4, 0.5) is 0 Å². The molecule has 0 fully saturated rings. The molecule has 0 saturated carbocycles. The van der Waals surface area contributed by atoms with Crippen molar-refractivity contribution in [3.05, 3.63) is 400 Å². The molecule has 0 aliphatic carbocycles. The van der Waals surface area contributed by atoms with E-state index in [0.717, 1.165) is 89.1 Å².